The average Bonchev–Trinajstić information content (AvgIpc) is 3.51. The third kappa shape index (κ3) is 6.81. The number of nitrogens with one attached hydrogen (secondary N) is 1. The molecule has 0 amide bonds. The molecule has 2 heterocycles. The number of hydrogen-bond donors (Lipinski definition) is 2. The summed E-state index contributed by atoms with van der Waals surface area (Å²) in [5.41, 5.74) is 4.26. The molecule has 0 aliphatic rings. The predicted octanol–water partition coefficient (Wildman–Crippen LogP) is 6.90. The number of nitrogens with zero attached hydrogens (tertiary/aromatic N) is 4. The van der Waals surface area contributed by atoms with Crippen LogP contribution in [0.5, 0.6) is 5.75 Å². The Labute approximate surface area is 220 Å². The molecule has 4 aromatic rings. The summed E-state index contributed by atoms with van der Waals surface area (Å²) >= 11 is 1.40. The molecule has 0 spiro atoms. The first-order chi connectivity index (χ1) is 18.1. The van der Waals surface area contributed by atoms with Crippen LogP contribution in [-0.4, -0.2) is 33.1 Å². The van der Waals surface area contributed by atoms with Crippen LogP contribution in [0.4, 0.5) is 11.4 Å². The molecule has 0 saturated carbocycles. The number of para-hydroxylation sites is 1. The SMILES string of the molecule is CCOc1ccccc1N=Nc1c(C)[nH]n(-c2nc(-c3ccc(CCCCCCCO)cc3)cs2)c1=O. The fraction of sp³-hybridized carbons (Fsp3) is 0.357. The quantitative estimate of drug-likeness (QED) is 0.148. The normalized spacial score (nSPS) is 11.4. The van der Waals surface area contributed by atoms with Gasteiger partial charge < -0.3 is 9.84 Å². The minimum Gasteiger partial charge on any atom is -0.492 e. The Balaban J connectivity index is 1.44. The lowest BCUT2D eigenvalue weighted by Gasteiger charge is -2.04. The first-order valence-corrected chi connectivity index (χ1v) is 13.6. The van der Waals surface area contributed by atoms with Gasteiger partial charge >= 0.3 is 5.56 Å². The molecule has 0 radical (unpaired) electrons. The van der Waals surface area contributed by atoms with Crippen molar-refractivity contribution in [2.24, 2.45) is 10.2 Å². The zero-order valence-corrected chi connectivity index (χ0v) is 22.1. The lowest BCUT2D eigenvalue weighted by atomic mass is 10.0. The number of azo groups is 1. The first kappa shape index (κ1) is 26.5. The highest BCUT2D eigenvalue weighted by Gasteiger charge is 2.16. The van der Waals surface area contributed by atoms with Gasteiger partial charge in [0.25, 0.3) is 0 Å². The lowest BCUT2D eigenvalue weighted by Crippen LogP contribution is -2.13. The van der Waals surface area contributed by atoms with E-state index in [1.165, 1.54) is 34.4 Å². The molecule has 2 N–H and O–H groups in total. The Morgan fingerprint density at radius 3 is 2.57 bits per heavy atom. The molecule has 0 aliphatic carbocycles. The number of thiazole rings is 1. The van der Waals surface area contributed by atoms with Gasteiger partial charge in [-0.05, 0) is 50.8 Å². The lowest BCUT2D eigenvalue weighted by molar-refractivity contribution is 0.282. The standard InChI is InChI=1S/C28H33N5O3S/c1-3-36-25-13-9-8-12-23(25)30-31-26-20(2)32-33(27(26)35)28-29-24(19-37-28)22-16-14-21(15-17-22)11-7-5-4-6-10-18-34/h8-9,12-17,19,32,34H,3-7,10-11,18H2,1-2H3. The number of benzene rings is 2. The molecule has 37 heavy (non-hydrogen) atoms. The fourth-order valence-corrected chi connectivity index (χ4v) is 4.82. The van der Waals surface area contributed by atoms with E-state index in [0.717, 1.165) is 36.9 Å². The van der Waals surface area contributed by atoms with E-state index in [1.54, 1.807) is 13.0 Å². The summed E-state index contributed by atoms with van der Waals surface area (Å²) in [5, 5.41) is 22.9. The molecule has 9 heteroatoms. The summed E-state index contributed by atoms with van der Waals surface area (Å²) in [5.74, 6) is 0.621. The van der Waals surface area contributed by atoms with Gasteiger partial charge in [-0.3, -0.25) is 9.89 Å². The molecule has 0 saturated heterocycles. The van der Waals surface area contributed by atoms with E-state index in [9.17, 15) is 4.79 Å². The minimum absolute atomic E-state index is 0.240. The van der Waals surface area contributed by atoms with Crippen LogP contribution in [0.2, 0.25) is 0 Å². The van der Waals surface area contributed by atoms with Crippen LogP contribution in [0.3, 0.4) is 0 Å². The van der Waals surface area contributed by atoms with Crippen molar-refractivity contribution in [3.8, 4) is 22.1 Å². The second-order valence-corrected chi connectivity index (χ2v) is 9.62. The number of H-pyrrole nitrogens is 1. The Hall–Kier alpha value is -3.56. The summed E-state index contributed by atoms with van der Waals surface area (Å²) in [4.78, 5) is 17.8. The van der Waals surface area contributed by atoms with Crippen LogP contribution < -0.4 is 10.3 Å². The van der Waals surface area contributed by atoms with Crippen LogP contribution in [-0.2, 0) is 6.42 Å². The van der Waals surface area contributed by atoms with E-state index in [-0.39, 0.29) is 17.9 Å². The first-order valence-electron chi connectivity index (χ1n) is 12.7. The van der Waals surface area contributed by atoms with Crippen LogP contribution >= 0.6 is 11.3 Å². The second-order valence-electron chi connectivity index (χ2n) is 8.78. The number of rotatable bonds is 13. The van der Waals surface area contributed by atoms with Crippen LogP contribution in [0, 0.1) is 6.92 Å². The van der Waals surface area contributed by atoms with E-state index < -0.39 is 0 Å². The van der Waals surface area contributed by atoms with Gasteiger partial charge in [0.15, 0.2) is 5.69 Å². The third-order valence-electron chi connectivity index (χ3n) is 6.02. The molecule has 4 rings (SSSR count). The third-order valence-corrected chi connectivity index (χ3v) is 6.85. The monoisotopic (exact) mass is 519 g/mol. The Kier molecular flexibility index (Phi) is 9.40. The van der Waals surface area contributed by atoms with Crippen LogP contribution in [0.15, 0.2) is 68.9 Å². The molecule has 194 valence electrons. The molecule has 0 unspecified atom stereocenters. The van der Waals surface area contributed by atoms with Gasteiger partial charge in [-0.15, -0.1) is 21.6 Å². The number of unbranched alkanes of at least 4 members (excludes halogenated alkanes) is 4. The van der Waals surface area contributed by atoms with E-state index in [4.69, 9.17) is 14.8 Å². The molecule has 0 atom stereocenters. The van der Waals surface area contributed by atoms with Crippen molar-refractivity contribution in [2.45, 2.75) is 52.4 Å². The summed E-state index contributed by atoms with van der Waals surface area (Å²) in [6, 6.07) is 15.8. The average molecular weight is 520 g/mol. The van der Waals surface area contributed by atoms with Gasteiger partial charge in [-0.25, -0.2) is 4.98 Å². The maximum atomic E-state index is 13.1. The number of ether oxygens (including phenoxy) is 1. The van der Waals surface area contributed by atoms with E-state index in [1.807, 2.05) is 30.5 Å². The molecule has 2 aromatic carbocycles. The zero-order chi connectivity index (χ0) is 26.0. The number of aromatic nitrogens is 3. The number of aliphatic hydroxyl groups excluding tert-OH is 1. The summed E-state index contributed by atoms with van der Waals surface area (Å²) in [6.45, 7) is 4.50. The van der Waals surface area contributed by atoms with Crippen molar-refractivity contribution in [1.82, 2.24) is 14.8 Å². The van der Waals surface area contributed by atoms with Gasteiger partial charge in [0, 0.05) is 17.6 Å². The van der Waals surface area contributed by atoms with Gasteiger partial charge in [0.05, 0.1) is 18.0 Å². The van der Waals surface area contributed by atoms with E-state index >= 15 is 0 Å². The van der Waals surface area contributed by atoms with Crippen molar-refractivity contribution in [1.29, 1.82) is 0 Å². The summed E-state index contributed by atoms with van der Waals surface area (Å²) in [7, 11) is 0. The number of aliphatic hydroxyl groups is 1. The molecule has 0 fully saturated rings. The smallest absolute Gasteiger partial charge is 0.301 e. The van der Waals surface area contributed by atoms with Crippen molar-refractivity contribution in [3.63, 3.8) is 0 Å². The van der Waals surface area contributed by atoms with E-state index in [2.05, 4.69) is 39.6 Å². The molecular weight excluding hydrogens is 486 g/mol. The highest BCUT2D eigenvalue weighted by atomic mass is 32.1. The zero-order valence-electron chi connectivity index (χ0n) is 21.3. The van der Waals surface area contributed by atoms with E-state index in [0.29, 0.717) is 28.9 Å². The van der Waals surface area contributed by atoms with Crippen LogP contribution in [0.1, 0.15) is 50.3 Å². The molecule has 0 aliphatic heterocycles. The predicted molar refractivity (Wildman–Crippen MR) is 148 cm³/mol. The van der Waals surface area contributed by atoms with Crippen LogP contribution in [0.25, 0.3) is 16.4 Å². The number of aryl methyl sites for hydroxylation is 2. The highest BCUT2D eigenvalue weighted by Crippen LogP contribution is 2.29. The fourth-order valence-electron chi connectivity index (χ4n) is 4.02. The highest BCUT2D eigenvalue weighted by molar-refractivity contribution is 7.12. The van der Waals surface area contributed by atoms with Gasteiger partial charge in [0.1, 0.15) is 11.4 Å². The molecular formula is C28H33N5O3S. The maximum absolute atomic E-state index is 13.1. The summed E-state index contributed by atoms with van der Waals surface area (Å²) in [6.07, 6.45) is 6.54. The largest absolute Gasteiger partial charge is 0.492 e. The summed E-state index contributed by atoms with van der Waals surface area (Å²) < 4.78 is 7.00. The minimum atomic E-state index is -0.301. The molecule has 0 bridgehead atoms. The van der Waals surface area contributed by atoms with Crippen molar-refractivity contribution in [3.05, 3.63) is 75.5 Å². The van der Waals surface area contributed by atoms with Crippen molar-refractivity contribution in [2.75, 3.05) is 13.2 Å². The Bertz CT molecular complexity index is 1370. The van der Waals surface area contributed by atoms with Gasteiger partial charge in [0.2, 0.25) is 5.13 Å². The molecule has 2 aromatic heterocycles. The Morgan fingerprint density at radius 1 is 1.03 bits per heavy atom. The van der Waals surface area contributed by atoms with Crippen molar-refractivity contribution < 1.29 is 9.84 Å². The van der Waals surface area contributed by atoms with Crippen molar-refractivity contribution >= 4 is 22.7 Å². The molecule has 8 nitrogen and oxygen atoms in total. The number of aromatic amines is 1. The topological polar surface area (TPSA) is 105 Å². The Morgan fingerprint density at radius 2 is 1.78 bits per heavy atom. The van der Waals surface area contributed by atoms with Gasteiger partial charge in [-0.1, -0.05) is 55.7 Å². The second kappa shape index (κ2) is 13.1. The van der Waals surface area contributed by atoms with Gasteiger partial charge in [-0.2, -0.15) is 4.68 Å². The number of hydrogen-bond acceptors (Lipinski definition) is 7. The maximum Gasteiger partial charge on any atom is 0.301 e.